The number of ether oxygens (including phenoxy) is 2. The van der Waals surface area contributed by atoms with Gasteiger partial charge in [-0.2, -0.15) is 0 Å². The lowest BCUT2D eigenvalue weighted by molar-refractivity contribution is -0.123. The van der Waals surface area contributed by atoms with Crippen LogP contribution in [0.3, 0.4) is 0 Å². The number of carbonyl (C=O) groups excluding carboxylic acids is 2. The van der Waals surface area contributed by atoms with Gasteiger partial charge in [-0.05, 0) is 50.2 Å². The average Bonchev–Trinajstić information content (AvgIpc) is 3.27. The van der Waals surface area contributed by atoms with Crippen LogP contribution in [0.15, 0.2) is 71.3 Å². The fourth-order valence-electron chi connectivity index (χ4n) is 2.77. The minimum absolute atomic E-state index is 0.332. The largest absolute Gasteiger partial charge is 0.492 e. The van der Waals surface area contributed by atoms with E-state index in [9.17, 15) is 9.59 Å². The van der Waals surface area contributed by atoms with Crippen LogP contribution < -0.4 is 15.4 Å². The van der Waals surface area contributed by atoms with Crippen LogP contribution in [0.4, 0.5) is 11.4 Å². The Kier molecular flexibility index (Phi) is 7.10. The van der Waals surface area contributed by atoms with Crippen molar-refractivity contribution in [3.63, 3.8) is 0 Å². The van der Waals surface area contributed by atoms with E-state index in [4.69, 9.17) is 13.9 Å². The molecule has 0 unspecified atom stereocenters. The highest BCUT2D eigenvalue weighted by molar-refractivity contribution is 6.00. The smallest absolute Gasteiger partial charge is 0.341 e. The number of esters is 1. The van der Waals surface area contributed by atoms with E-state index in [1.54, 1.807) is 48.7 Å². The topological polar surface area (TPSA) is 89.8 Å². The van der Waals surface area contributed by atoms with E-state index < -0.39 is 18.0 Å². The molecule has 0 aliphatic carbocycles. The van der Waals surface area contributed by atoms with Crippen molar-refractivity contribution >= 4 is 23.3 Å². The number of hydrogen-bond acceptors (Lipinski definition) is 6. The first-order valence-electron chi connectivity index (χ1n) is 9.67. The van der Waals surface area contributed by atoms with Crippen molar-refractivity contribution in [3.05, 3.63) is 78.3 Å². The van der Waals surface area contributed by atoms with E-state index in [-0.39, 0.29) is 0 Å². The number of rotatable bonds is 9. The van der Waals surface area contributed by atoms with E-state index in [0.29, 0.717) is 35.8 Å². The number of nitrogens with one attached hydrogen (secondary N) is 2. The summed E-state index contributed by atoms with van der Waals surface area (Å²) in [4.78, 5) is 25.2. The Morgan fingerprint density at radius 3 is 2.47 bits per heavy atom. The number of carbonyl (C=O) groups is 2. The normalized spacial score (nSPS) is 11.4. The van der Waals surface area contributed by atoms with Gasteiger partial charge in [-0.25, -0.2) is 4.79 Å². The van der Waals surface area contributed by atoms with Gasteiger partial charge in [0.1, 0.15) is 11.5 Å². The second-order valence-electron chi connectivity index (χ2n) is 6.44. The summed E-state index contributed by atoms with van der Waals surface area (Å²) < 4.78 is 16.2. The van der Waals surface area contributed by atoms with Gasteiger partial charge >= 0.3 is 5.97 Å². The predicted molar refractivity (Wildman–Crippen MR) is 114 cm³/mol. The van der Waals surface area contributed by atoms with Gasteiger partial charge < -0.3 is 24.5 Å². The van der Waals surface area contributed by atoms with Gasteiger partial charge in [-0.3, -0.25) is 4.79 Å². The molecule has 3 rings (SSSR count). The minimum atomic E-state index is -0.995. The summed E-state index contributed by atoms with van der Waals surface area (Å²) >= 11 is 0. The van der Waals surface area contributed by atoms with Crippen LogP contribution in [0.5, 0.6) is 5.75 Å². The van der Waals surface area contributed by atoms with Gasteiger partial charge in [-0.15, -0.1) is 0 Å². The Labute approximate surface area is 175 Å². The van der Waals surface area contributed by atoms with Gasteiger partial charge in [0, 0.05) is 5.69 Å². The summed E-state index contributed by atoms with van der Waals surface area (Å²) in [7, 11) is 0. The molecule has 0 aliphatic rings. The lowest BCUT2D eigenvalue weighted by Gasteiger charge is -2.17. The zero-order valence-corrected chi connectivity index (χ0v) is 16.9. The summed E-state index contributed by atoms with van der Waals surface area (Å²) in [6.07, 6.45) is 0.589. The van der Waals surface area contributed by atoms with Crippen LogP contribution in [0, 0.1) is 0 Å². The quantitative estimate of drug-likeness (QED) is 0.508. The molecule has 1 aromatic heterocycles. The molecule has 0 fully saturated rings. The number of hydrogen-bond donors (Lipinski definition) is 2. The maximum atomic E-state index is 12.7. The number of amides is 1. The number of anilines is 2. The van der Waals surface area contributed by atoms with Crippen LogP contribution in [0.25, 0.3) is 0 Å². The number of para-hydroxylation sites is 3. The average molecular weight is 408 g/mol. The third kappa shape index (κ3) is 5.41. The van der Waals surface area contributed by atoms with Crippen molar-refractivity contribution in [1.29, 1.82) is 0 Å². The number of benzene rings is 2. The van der Waals surface area contributed by atoms with Gasteiger partial charge in [0.05, 0.1) is 30.7 Å². The zero-order valence-electron chi connectivity index (χ0n) is 16.9. The molecule has 0 saturated heterocycles. The highest BCUT2D eigenvalue weighted by atomic mass is 16.5. The molecule has 0 aliphatic heterocycles. The summed E-state index contributed by atoms with van der Waals surface area (Å²) in [6.45, 7) is 4.27. The van der Waals surface area contributed by atoms with Crippen molar-refractivity contribution in [2.45, 2.75) is 26.5 Å². The molecule has 156 valence electrons. The Bertz CT molecular complexity index is 985. The first kappa shape index (κ1) is 21.0. The van der Waals surface area contributed by atoms with Crippen LogP contribution in [0.2, 0.25) is 0 Å². The van der Waals surface area contributed by atoms with E-state index in [2.05, 4.69) is 10.6 Å². The molecule has 30 heavy (non-hydrogen) atoms. The zero-order chi connectivity index (χ0) is 21.3. The Morgan fingerprint density at radius 1 is 1.00 bits per heavy atom. The first-order chi connectivity index (χ1) is 14.6. The molecule has 2 aromatic carbocycles. The minimum Gasteiger partial charge on any atom is -0.492 e. The van der Waals surface area contributed by atoms with Gasteiger partial charge in [0.25, 0.3) is 5.91 Å². The molecule has 1 atom stereocenters. The van der Waals surface area contributed by atoms with E-state index in [1.807, 2.05) is 25.1 Å². The molecule has 2 N–H and O–H groups in total. The lowest BCUT2D eigenvalue weighted by atomic mass is 10.1. The van der Waals surface area contributed by atoms with E-state index in [1.165, 1.54) is 6.92 Å². The molecule has 1 heterocycles. The fraction of sp³-hybridized carbons (Fsp3) is 0.217. The van der Waals surface area contributed by atoms with Crippen LogP contribution in [0.1, 0.15) is 30.0 Å². The maximum Gasteiger partial charge on any atom is 0.341 e. The summed E-state index contributed by atoms with van der Waals surface area (Å²) in [6, 6.07) is 17.7. The Balaban J connectivity index is 1.63. The van der Waals surface area contributed by atoms with Gasteiger partial charge in [-0.1, -0.05) is 24.3 Å². The standard InChI is InChI=1S/C23H24N2O5/c1-3-28-21-13-7-6-12-20(21)25-22(26)16(2)30-23(27)18-10-4-5-11-19(18)24-15-17-9-8-14-29-17/h4-14,16,24H,3,15H2,1-2H3,(H,25,26)/t16-/m1/s1. The summed E-state index contributed by atoms with van der Waals surface area (Å²) in [5, 5.41) is 5.89. The van der Waals surface area contributed by atoms with Crippen molar-refractivity contribution in [3.8, 4) is 5.75 Å². The second kappa shape index (κ2) is 10.2. The monoisotopic (exact) mass is 408 g/mol. The van der Waals surface area contributed by atoms with Crippen LogP contribution in [-0.4, -0.2) is 24.6 Å². The third-order valence-electron chi connectivity index (χ3n) is 4.28. The second-order valence-corrected chi connectivity index (χ2v) is 6.44. The molecule has 0 radical (unpaired) electrons. The van der Waals surface area contributed by atoms with Crippen molar-refractivity contribution in [2.24, 2.45) is 0 Å². The van der Waals surface area contributed by atoms with Crippen LogP contribution >= 0.6 is 0 Å². The summed E-state index contributed by atoms with van der Waals surface area (Å²) in [5.74, 6) is 0.244. The van der Waals surface area contributed by atoms with E-state index >= 15 is 0 Å². The molecular formula is C23H24N2O5. The first-order valence-corrected chi connectivity index (χ1v) is 9.67. The lowest BCUT2D eigenvalue weighted by Crippen LogP contribution is -2.30. The maximum absolute atomic E-state index is 12.7. The summed E-state index contributed by atoms with van der Waals surface area (Å²) in [5.41, 5.74) is 1.44. The van der Waals surface area contributed by atoms with Gasteiger partial charge in [0.2, 0.25) is 0 Å². The highest BCUT2D eigenvalue weighted by Crippen LogP contribution is 2.24. The van der Waals surface area contributed by atoms with Crippen molar-refractivity contribution < 1.29 is 23.5 Å². The molecule has 0 saturated carbocycles. The molecule has 7 nitrogen and oxygen atoms in total. The van der Waals surface area contributed by atoms with Crippen LogP contribution in [-0.2, 0) is 16.1 Å². The highest BCUT2D eigenvalue weighted by Gasteiger charge is 2.21. The molecule has 0 spiro atoms. The molecule has 7 heteroatoms. The molecule has 1 amide bonds. The van der Waals surface area contributed by atoms with Gasteiger partial charge in [0.15, 0.2) is 6.10 Å². The predicted octanol–water partition coefficient (Wildman–Crippen LogP) is 4.47. The molecule has 0 bridgehead atoms. The molecular weight excluding hydrogens is 384 g/mol. The fourth-order valence-corrected chi connectivity index (χ4v) is 2.77. The van der Waals surface area contributed by atoms with Crippen molar-refractivity contribution in [2.75, 3.05) is 17.2 Å². The number of furan rings is 1. The third-order valence-corrected chi connectivity index (χ3v) is 4.28. The molecule has 3 aromatic rings. The SMILES string of the molecule is CCOc1ccccc1NC(=O)[C@@H](C)OC(=O)c1ccccc1NCc1ccco1. The van der Waals surface area contributed by atoms with Crippen molar-refractivity contribution in [1.82, 2.24) is 0 Å². The Hall–Kier alpha value is -3.74. The Morgan fingerprint density at radius 2 is 1.73 bits per heavy atom. The van der Waals surface area contributed by atoms with E-state index in [0.717, 1.165) is 5.76 Å².